The van der Waals surface area contributed by atoms with Crippen LogP contribution in [0.5, 0.6) is 5.75 Å². The van der Waals surface area contributed by atoms with E-state index in [1.54, 1.807) is 39.8 Å². The van der Waals surface area contributed by atoms with Crippen LogP contribution in [-0.2, 0) is 19.1 Å². The van der Waals surface area contributed by atoms with Crippen molar-refractivity contribution >= 4 is 40.3 Å². The lowest BCUT2D eigenvalue weighted by Gasteiger charge is -2.31. The van der Waals surface area contributed by atoms with Crippen LogP contribution >= 0.6 is 0 Å². The zero-order chi connectivity index (χ0) is 28.9. The van der Waals surface area contributed by atoms with Crippen LogP contribution in [-0.4, -0.2) is 52.5 Å². The molecule has 0 heterocycles. The van der Waals surface area contributed by atoms with Crippen LogP contribution in [0.1, 0.15) is 44.4 Å². The van der Waals surface area contributed by atoms with E-state index in [9.17, 15) is 24.3 Å². The molecule has 206 valence electrons. The van der Waals surface area contributed by atoms with Crippen molar-refractivity contribution in [3.05, 3.63) is 71.8 Å². The van der Waals surface area contributed by atoms with Gasteiger partial charge in [-0.2, -0.15) is 0 Å². The van der Waals surface area contributed by atoms with Crippen molar-refractivity contribution in [3.63, 3.8) is 0 Å². The Balaban J connectivity index is 1.95. The van der Waals surface area contributed by atoms with Gasteiger partial charge in [0, 0.05) is 12.7 Å². The third-order valence-electron chi connectivity index (χ3n) is 5.93. The van der Waals surface area contributed by atoms with Gasteiger partial charge in [-0.25, -0.2) is 4.79 Å². The quantitative estimate of drug-likeness (QED) is 0.345. The molecule has 3 aromatic rings. The van der Waals surface area contributed by atoms with Gasteiger partial charge in [0.1, 0.15) is 23.4 Å². The second kappa shape index (κ2) is 11.8. The second-order valence-corrected chi connectivity index (χ2v) is 10.3. The highest BCUT2D eigenvalue weighted by Gasteiger charge is 2.35. The van der Waals surface area contributed by atoms with E-state index in [1.807, 2.05) is 36.4 Å². The molecule has 0 saturated carbocycles. The lowest BCUT2D eigenvalue weighted by Crippen LogP contribution is -2.52. The number of ether oxygens (including phenoxy) is 1. The van der Waals surface area contributed by atoms with Crippen LogP contribution in [0.15, 0.2) is 60.7 Å². The molecule has 39 heavy (non-hydrogen) atoms. The van der Waals surface area contributed by atoms with Crippen molar-refractivity contribution in [1.29, 1.82) is 0 Å². The van der Waals surface area contributed by atoms with Crippen LogP contribution in [0.3, 0.4) is 0 Å². The summed E-state index contributed by atoms with van der Waals surface area (Å²) in [4.78, 5) is 52.6. The van der Waals surface area contributed by atoms with Crippen LogP contribution in [0.4, 0.5) is 10.5 Å². The van der Waals surface area contributed by atoms with Gasteiger partial charge in [-0.05, 0) is 73.9 Å². The van der Waals surface area contributed by atoms with Crippen molar-refractivity contribution in [3.8, 4) is 5.75 Å². The minimum absolute atomic E-state index is 0.0274. The van der Waals surface area contributed by atoms with Gasteiger partial charge in [-0.3, -0.25) is 14.4 Å². The molecule has 2 unspecified atom stereocenters. The summed E-state index contributed by atoms with van der Waals surface area (Å²) in [5, 5.41) is 17.2. The lowest BCUT2D eigenvalue weighted by atomic mass is 10.00. The van der Waals surface area contributed by atoms with Crippen molar-refractivity contribution in [1.82, 2.24) is 10.2 Å². The molecule has 0 aliphatic rings. The van der Waals surface area contributed by atoms with Crippen LogP contribution in [0.25, 0.3) is 10.8 Å². The van der Waals surface area contributed by atoms with Gasteiger partial charge in [0.15, 0.2) is 0 Å². The number of nitrogens with zero attached hydrogens (tertiary/aromatic N) is 1. The van der Waals surface area contributed by atoms with E-state index in [0.717, 1.165) is 15.7 Å². The molecule has 3 rings (SSSR count). The standard InChI is InChI=1S/C29H34N4O6/c1-17-14-20(11-13-23(17)34)25(26(36)31-21-12-10-18-8-6-7-9-19(18)15-21)33(5)27(37)22(16-24(30)35)32-28(38)39-29(2,3)4/h6-15,22,25,34H,16H2,1-5H3,(H2,30,35)(H,31,36)(H,32,38). The lowest BCUT2D eigenvalue weighted by molar-refractivity contribution is -0.140. The van der Waals surface area contributed by atoms with Gasteiger partial charge in [0.25, 0.3) is 5.91 Å². The van der Waals surface area contributed by atoms with Gasteiger partial charge < -0.3 is 31.1 Å². The first-order valence-electron chi connectivity index (χ1n) is 12.4. The Morgan fingerprint density at radius 2 is 1.67 bits per heavy atom. The maximum atomic E-state index is 13.7. The number of hydrogen-bond acceptors (Lipinski definition) is 6. The SMILES string of the molecule is Cc1cc(C(C(=O)Nc2ccc3ccccc3c2)N(C)C(=O)C(CC(N)=O)NC(=O)OC(C)(C)C)ccc1O. The Bertz CT molecular complexity index is 1400. The molecule has 0 aliphatic carbocycles. The number of amides is 4. The Labute approximate surface area is 227 Å². The third-order valence-corrected chi connectivity index (χ3v) is 5.93. The highest BCUT2D eigenvalue weighted by atomic mass is 16.6. The number of nitrogens with two attached hydrogens (primary N) is 1. The highest BCUT2D eigenvalue weighted by Crippen LogP contribution is 2.28. The predicted octanol–water partition coefficient (Wildman–Crippen LogP) is 3.76. The maximum Gasteiger partial charge on any atom is 0.408 e. The van der Waals surface area contributed by atoms with Crippen molar-refractivity contribution in [2.24, 2.45) is 5.73 Å². The van der Waals surface area contributed by atoms with Crippen LogP contribution in [0, 0.1) is 6.92 Å². The van der Waals surface area contributed by atoms with E-state index in [1.165, 1.54) is 19.2 Å². The Hall–Kier alpha value is -4.60. The average Bonchev–Trinajstić information content (AvgIpc) is 2.84. The number of primary amides is 1. The molecule has 3 aromatic carbocycles. The minimum atomic E-state index is -1.38. The van der Waals surface area contributed by atoms with E-state index in [0.29, 0.717) is 16.8 Å². The van der Waals surface area contributed by atoms with Gasteiger partial charge in [-0.15, -0.1) is 0 Å². The molecule has 4 amide bonds. The number of nitrogens with one attached hydrogen (secondary N) is 2. The van der Waals surface area contributed by atoms with E-state index in [2.05, 4.69) is 10.6 Å². The fourth-order valence-corrected chi connectivity index (χ4v) is 4.10. The molecule has 10 heteroatoms. The fraction of sp³-hybridized carbons (Fsp3) is 0.310. The number of fused-ring (bicyclic) bond motifs is 1. The summed E-state index contributed by atoms with van der Waals surface area (Å²) in [6.07, 6.45) is -1.41. The Kier molecular flexibility index (Phi) is 8.80. The molecule has 5 N–H and O–H groups in total. The Morgan fingerprint density at radius 1 is 1.00 bits per heavy atom. The predicted molar refractivity (Wildman–Crippen MR) is 148 cm³/mol. The number of hydrogen-bond donors (Lipinski definition) is 4. The molecular formula is C29H34N4O6. The number of aryl methyl sites for hydroxylation is 1. The second-order valence-electron chi connectivity index (χ2n) is 10.3. The van der Waals surface area contributed by atoms with Gasteiger partial charge in [0.05, 0.1) is 6.42 Å². The highest BCUT2D eigenvalue weighted by molar-refractivity contribution is 6.01. The topological polar surface area (TPSA) is 151 Å². The summed E-state index contributed by atoms with van der Waals surface area (Å²) >= 11 is 0. The number of carbonyl (C=O) groups is 4. The fourth-order valence-electron chi connectivity index (χ4n) is 4.10. The maximum absolute atomic E-state index is 13.7. The number of likely N-dealkylation sites (N-methyl/N-ethyl adjacent to an activating group) is 1. The number of anilines is 1. The first kappa shape index (κ1) is 29.0. The number of rotatable bonds is 8. The summed E-state index contributed by atoms with van der Waals surface area (Å²) in [5.41, 5.74) is 5.94. The molecule has 0 aromatic heterocycles. The van der Waals surface area contributed by atoms with E-state index in [4.69, 9.17) is 10.5 Å². The Morgan fingerprint density at radius 3 is 2.28 bits per heavy atom. The van der Waals surface area contributed by atoms with E-state index < -0.39 is 47.9 Å². The molecule has 0 aliphatic heterocycles. The average molecular weight is 535 g/mol. The molecule has 0 fully saturated rings. The zero-order valence-corrected chi connectivity index (χ0v) is 22.6. The zero-order valence-electron chi connectivity index (χ0n) is 22.6. The number of phenolic OH excluding ortho intramolecular Hbond substituents is 1. The normalized spacial score (nSPS) is 12.7. The van der Waals surface area contributed by atoms with E-state index >= 15 is 0 Å². The minimum Gasteiger partial charge on any atom is -0.508 e. The molecule has 0 bridgehead atoms. The number of alkyl carbamates (subject to hydrolysis) is 1. The summed E-state index contributed by atoms with van der Waals surface area (Å²) < 4.78 is 5.24. The molecular weight excluding hydrogens is 500 g/mol. The number of aromatic hydroxyl groups is 1. The first-order valence-corrected chi connectivity index (χ1v) is 12.4. The first-order chi connectivity index (χ1) is 18.2. The van der Waals surface area contributed by atoms with Gasteiger partial charge in [-0.1, -0.05) is 36.4 Å². The summed E-state index contributed by atoms with van der Waals surface area (Å²) in [7, 11) is 1.39. The van der Waals surface area contributed by atoms with Crippen molar-refractivity contribution < 1.29 is 29.0 Å². The van der Waals surface area contributed by atoms with Crippen LogP contribution < -0.4 is 16.4 Å². The monoisotopic (exact) mass is 534 g/mol. The van der Waals surface area contributed by atoms with Crippen LogP contribution in [0.2, 0.25) is 0 Å². The number of benzene rings is 3. The molecule has 0 saturated heterocycles. The third kappa shape index (κ3) is 7.70. The molecule has 0 spiro atoms. The van der Waals surface area contributed by atoms with E-state index in [-0.39, 0.29) is 5.75 Å². The van der Waals surface area contributed by atoms with Crippen molar-refractivity contribution in [2.75, 3.05) is 12.4 Å². The number of phenols is 1. The summed E-state index contributed by atoms with van der Waals surface area (Å²) in [5.74, 6) is -2.07. The molecule has 0 radical (unpaired) electrons. The largest absolute Gasteiger partial charge is 0.508 e. The smallest absolute Gasteiger partial charge is 0.408 e. The molecule has 10 nitrogen and oxygen atoms in total. The number of carbonyl (C=O) groups excluding carboxylic acids is 4. The van der Waals surface area contributed by atoms with Gasteiger partial charge in [0.2, 0.25) is 11.8 Å². The molecule has 2 atom stereocenters. The van der Waals surface area contributed by atoms with Crippen molar-refractivity contribution in [2.45, 2.75) is 51.8 Å². The summed E-state index contributed by atoms with van der Waals surface area (Å²) in [6.45, 7) is 6.64. The van der Waals surface area contributed by atoms with Gasteiger partial charge >= 0.3 is 6.09 Å². The summed E-state index contributed by atoms with van der Waals surface area (Å²) in [6, 6.07) is 15.1.